The molecular formula is C19H19N3O. The van der Waals surface area contributed by atoms with E-state index in [-0.39, 0.29) is 11.3 Å². The van der Waals surface area contributed by atoms with Gasteiger partial charge in [-0.3, -0.25) is 4.79 Å². The number of carbonyl (C=O) groups is 1. The van der Waals surface area contributed by atoms with Crippen LogP contribution < -0.4 is 5.32 Å². The number of nitrogens with zero attached hydrogens (tertiary/aromatic N) is 2. The van der Waals surface area contributed by atoms with Crippen molar-refractivity contribution < 1.29 is 4.79 Å². The van der Waals surface area contributed by atoms with E-state index in [1.165, 1.54) is 5.56 Å². The van der Waals surface area contributed by atoms with Gasteiger partial charge in [0.15, 0.2) is 0 Å². The standard InChI is InChI=1S/C19H19N3O/c23-18(12-22-14-21-16-8-4-5-9-17(16)22)20-13-19(10-11-19)15-6-2-1-3-7-15/h1-9,14H,10-13H2,(H,20,23). The molecule has 116 valence electrons. The molecule has 0 aliphatic heterocycles. The largest absolute Gasteiger partial charge is 0.354 e. The maximum atomic E-state index is 12.3. The van der Waals surface area contributed by atoms with Crippen molar-refractivity contribution in [3.05, 3.63) is 66.5 Å². The first kappa shape index (κ1) is 14.0. The van der Waals surface area contributed by atoms with E-state index in [0.717, 1.165) is 23.9 Å². The number of benzene rings is 2. The predicted octanol–water partition coefficient (Wildman–Crippen LogP) is 2.88. The first-order chi connectivity index (χ1) is 11.3. The predicted molar refractivity (Wildman–Crippen MR) is 90.1 cm³/mol. The van der Waals surface area contributed by atoms with Gasteiger partial charge in [-0.2, -0.15) is 0 Å². The summed E-state index contributed by atoms with van der Waals surface area (Å²) in [5.41, 5.74) is 3.39. The number of hydrogen-bond donors (Lipinski definition) is 1. The Hall–Kier alpha value is -2.62. The Morgan fingerprint density at radius 3 is 2.61 bits per heavy atom. The molecular weight excluding hydrogens is 286 g/mol. The topological polar surface area (TPSA) is 46.9 Å². The lowest BCUT2D eigenvalue weighted by molar-refractivity contribution is -0.121. The molecule has 1 aliphatic rings. The van der Waals surface area contributed by atoms with E-state index in [1.807, 2.05) is 34.9 Å². The molecule has 1 saturated carbocycles. The van der Waals surface area contributed by atoms with E-state index >= 15 is 0 Å². The molecule has 0 bridgehead atoms. The minimum Gasteiger partial charge on any atom is -0.354 e. The Labute approximate surface area is 135 Å². The fraction of sp³-hybridized carbons (Fsp3) is 0.263. The van der Waals surface area contributed by atoms with Gasteiger partial charge >= 0.3 is 0 Å². The van der Waals surface area contributed by atoms with Crippen molar-refractivity contribution in [3.63, 3.8) is 0 Å². The number of fused-ring (bicyclic) bond motifs is 1. The summed E-state index contributed by atoms with van der Waals surface area (Å²) >= 11 is 0. The Morgan fingerprint density at radius 1 is 1.09 bits per heavy atom. The Balaban J connectivity index is 1.41. The maximum Gasteiger partial charge on any atom is 0.240 e. The molecule has 1 N–H and O–H groups in total. The van der Waals surface area contributed by atoms with Crippen molar-refractivity contribution in [1.82, 2.24) is 14.9 Å². The van der Waals surface area contributed by atoms with Crippen LogP contribution in [0, 0.1) is 0 Å². The molecule has 4 heteroatoms. The van der Waals surface area contributed by atoms with E-state index in [1.54, 1.807) is 6.33 Å². The minimum absolute atomic E-state index is 0.0374. The monoisotopic (exact) mass is 305 g/mol. The highest BCUT2D eigenvalue weighted by Crippen LogP contribution is 2.47. The molecule has 3 aromatic rings. The molecule has 2 aromatic carbocycles. The summed E-state index contributed by atoms with van der Waals surface area (Å²) in [7, 11) is 0. The number of amides is 1. The molecule has 0 spiro atoms. The molecule has 1 aromatic heterocycles. The molecule has 1 aliphatic carbocycles. The minimum atomic E-state index is 0.0374. The highest BCUT2D eigenvalue weighted by molar-refractivity contribution is 5.80. The lowest BCUT2D eigenvalue weighted by Gasteiger charge is -2.16. The van der Waals surface area contributed by atoms with Gasteiger partial charge in [0.1, 0.15) is 6.54 Å². The van der Waals surface area contributed by atoms with E-state index in [2.05, 4.69) is 34.6 Å². The normalized spacial score (nSPS) is 15.5. The zero-order valence-electron chi connectivity index (χ0n) is 12.9. The zero-order chi connectivity index (χ0) is 15.7. The van der Waals surface area contributed by atoms with E-state index in [0.29, 0.717) is 13.1 Å². The molecule has 0 unspecified atom stereocenters. The van der Waals surface area contributed by atoms with Crippen LogP contribution in [0.2, 0.25) is 0 Å². The maximum absolute atomic E-state index is 12.3. The first-order valence-corrected chi connectivity index (χ1v) is 7.99. The molecule has 1 heterocycles. The van der Waals surface area contributed by atoms with Gasteiger partial charge in [0.25, 0.3) is 0 Å². The molecule has 0 radical (unpaired) electrons. The van der Waals surface area contributed by atoms with Crippen LogP contribution in [0.15, 0.2) is 60.9 Å². The van der Waals surface area contributed by atoms with Crippen molar-refractivity contribution in [2.24, 2.45) is 0 Å². The van der Waals surface area contributed by atoms with Crippen LogP contribution in [0.4, 0.5) is 0 Å². The zero-order valence-corrected chi connectivity index (χ0v) is 12.9. The molecule has 0 atom stereocenters. The lowest BCUT2D eigenvalue weighted by Crippen LogP contribution is -2.34. The molecule has 4 rings (SSSR count). The van der Waals surface area contributed by atoms with Crippen molar-refractivity contribution in [1.29, 1.82) is 0 Å². The van der Waals surface area contributed by atoms with Crippen LogP contribution in [0.5, 0.6) is 0 Å². The van der Waals surface area contributed by atoms with Crippen molar-refractivity contribution in [3.8, 4) is 0 Å². The van der Waals surface area contributed by atoms with Gasteiger partial charge in [0.2, 0.25) is 5.91 Å². The number of carbonyl (C=O) groups excluding carboxylic acids is 1. The second-order valence-electron chi connectivity index (χ2n) is 6.28. The quantitative estimate of drug-likeness (QED) is 0.788. The number of para-hydroxylation sites is 2. The summed E-state index contributed by atoms with van der Waals surface area (Å²) in [5.74, 6) is 0.0374. The Kier molecular flexibility index (Phi) is 3.37. The van der Waals surface area contributed by atoms with Crippen molar-refractivity contribution in [2.75, 3.05) is 6.54 Å². The summed E-state index contributed by atoms with van der Waals surface area (Å²) in [6.45, 7) is 1.02. The Bertz CT molecular complexity index is 834. The van der Waals surface area contributed by atoms with Crippen molar-refractivity contribution in [2.45, 2.75) is 24.8 Å². The van der Waals surface area contributed by atoms with E-state index in [9.17, 15) is 4.79 Å². The van der Waals surface area contributed by atoms with Crippen LogP contribution >= 0.6 is 0 Å². The molecule has 1 fully saturated rings. The number of imidazole rings is 1. The fourth-order valence-electron chi connectivity index (χ4n) is 3.12. The number of aromatic nitrogens is 2. The molecule has 0 saturated heterocycles. The van der Waals surface area contributed by atoms with Gasteiger partial charge in [0.05, 0.1) is 17.4 Å². The van der Waals surface area contributed by atoms with Gasteiger partial charge in [-0.15, -0.1) is 0 Å². The van der Waals surface area contributed by atoms with Gasteiger partial charge < -0.3 is 9.88 Å². The van der Waals surface area contributed by atoms with Gasteiger partial charge in [-0.1, -0.05) is 42.5 Å². The first-order valence-electron chi connectivity index (χ1n) is 7.99. The van der Waals surface area contributed by atoms with Crippen LogP contribution in [-0.4, -0.2) is 22.0 Å². The number of rotatable bonds is 5. The highest BCUT2D eigenvalue weighted by atomic mass is 16.1. The van der Waals surface area contributed by atoms with Gasteiger partial charge in [-0.25, -0.2) is 4.98 Å². The fourth-order valence-corrected chi connectivity index (χ4v) is 3.12. The van der Waals surface area contributed by atoms with Crippen LogP contribution in [-0.2, 0) is 16.8 Å². The molecule has 23 heavy (non-hydrogen) atoms. The molecule has 4 nitrogen and oxygen atoms in total. The third kappa shape index (κ3) is 2.72. The van der Waals surface area contributed by atoms with Crippen LogP contribution in [0.3, 0.4) is 0 Å². The average Bonchev–Trinajstić information content (AvgIpc) is 3.30. The summed E-state index contributed by atoms with van der Waals surface area (Å²) in [5, 5.41) is 3.10. The summed E-state index contributed by atoms with van der Waals surface area (Å²) in [6, 6.07) is 18.3. The number of nitrogens with one attached hydrogen (secondary N) is 1. The lowest BCUT2D eigenvalue weighted by atomic mass is 9.96. The van der Waals surface area contributed by atoms with E-state index in [4.69, 9.17) is 0 Å². The van der Waals surface area contributed by atoms with Crippen LogP contribution in [0.25, 0.3) is 11.0 Å². The van der Waals surface area contributed by atoms with Gasteiger partial charge in [0, 0.05) is 12.0 Å². The SMILES string of the molecule is O=C(Cn1cnc2ccccc21)NCC1(c2ccccc2)CC1. The Morgan fingerprint density at radius 2 is 1.83 bits per heavy atom. The second-order valence-corrected chi connectivity index (χ2v) is 6.28. The number of hydrogen-bond acceptors (Lipinski definition) is 2. The summed E-state index contributed by atoms with van der Waals surface area (Å²) in [4.78, 5) is 16.6. The van der Waals surface area contributed by atoms with Crippen molar-refractivity contribution >= 4 is 16.9 Å². The summed E-state index contributed by atoms with van der Waals surface area (Å²) < 4.78 is 1.90. The molecule has 1 amide bonds. The average molecular weight is 305 g/mol. The van der Waals surface area contributed by atoms with Crippen LogP contribution in [0.1, 0.15) is 18.4 Å². The van der Waals surface area contributed by atoms with E-state index < -0.39 is 0 Å². The van der Waals surface area contributed by atoms with Gasteiger partial charge in [-0.05, 0) is 30.5 Å². The smallest absolute Gasteiger partial charge is 0.240 e. The third-order valence-electron chi connectivity index (χ3n) is 4.70. The third-order valence-corrected chi connectivity index (χ3v) is 4.70. The summed E-state index contributed by atoms with van der Waals surface area (Å²) in [6.07, 6.45) is 4.02. The second kappa shape index (κ2) is 5.54. The highest BCUT2D eigenvalue weighted by Gasteiger charge is 2.44.